The fraction of sp³-hybridized carbons (Fsp3) is 0.364. The molecule has 0 heterocycles. The molecule has 162 valence electrons. The van der Waals surface area contributed by atoms with Gasteiger partial charge in [-0.3, -0.25) is 4.79 Å². The minimum Gasteiger partial charge on any atom is -0.482 e. The van der Waals surface area contributed by atoms with E-state index in [0.717, 1.165) is 11.1 Å². The second-order valence-corrected chi connectivity index (χ2v) is 7.45. The average molecular weight is 416 g/mol. The number of benzene rings is 2. The molecule has 0 bridgehead atoms. The van der Waals surface area contributed by atoms with Gasteiger partial charge < -0.3 is 25.2 Å². The summed E-state index contributed by atoms with van der Waals surface area (Å²) in [5.74, 6) is -0.0945. The van der Waals surface area contributed by atoms with Crippen molar-refractivity contribution < 1.29 is 18.7 Å². The summed E-state index contributed by atoms with van der Waals surface area (Å²) in [4.78, 5) is 27.6. The van der Waals surface area contributed by atoms with Gasteiger partial charge in [0.05, 0.1) is 11.7 Å². The van der Waals surface area contributed by atoms with Crippen LogP contribution >= 0.6 is 0 Å². The fourth-order valence-electron chi connectivity index (χ4n) is 2.79. The second kappa shape index (κ2) is 10.6. The van der Waals surface area contributed by atoms with E-state index in [1.54, 1.807) is 32.3 Å². The number of amides is 3. The predicted octanol–water partition coefficient (Wildman–Crippen LogP) is 3.03. The van der Waals surface area contributed by atoms with Crippen molar-refractivity contribution in [1.82, 2.24) is 15.1 Å². The fourth-order valence-corrected chi connectivity index (χ4v) is 2.79. The Hall–Kier alpha value is -3.13. The van der Waals surface area contributed by atoms with Crippen molar-refractivity contribution >= 4 is 17.6 Å². The standard InChI is InChI=1S/C22H29FN4O3/c1-15-9-10-18(20(11-15)30-14-21(28)27(4)5)25-22(29)24-13-19(26(2)3)16-7-6-8-17(23)12-16/h6-12,19H,13-14H2,1-5H3,(H2,24,25,29). The summed E-state index contributed by atoms with van der Waals surface area (Å²) in [6.07, 6.45) is 0. The third-order valence-electron chi connectivity index (χ3n) is 4.55. The molecule has 8 heteroatoms. The molecule has 0 aromatic heterocycles. The van der Waals surface area contributed by atoms with Gasteiger partial charge in [0.25, 0.3) is 5.91 Å². The van der Waals surface area contributed by atoms with Crippen LogP contribution in [0.25, 0.3) is 0 Å². The summed E-state index contributed by atoms with van der Waals surface area (Å²) >= 11 is 0. The highest BCUT2D eigenvalue weighted by Gasteiger charge is 2.17. The summed E-state index contributed by atoms with van der Waals surface area (Å²) in [6, 6.07) is 11.0. The van der Waals surface area contributed by atoms with E-state index in [0.29, 0.717) is 11.4 Å². The molecular weight excluding hydrogens is 387 g/mol. The Labute approximate surface area is 176 Å². The molecule has 0 aliphatic heterocycles. The molecule has 1 atom stereocenters. The van der Waals surface area contributed by atoms with Crippen molar-refractivity contribution in [2.24, 2.45) is 0 Å². The van der Waals surface area contributed by atoms with Crippen LogP contribution in [0.15, 0.2) is 42.5 Å². The number of hydrogen-bond donors (Lipinski definition) is 2. The molecule has 0 aliphatic carbocycles. The molecule has 1 unspecified atom stereocenters. The van der Waals surface area contributed by atoms with Crippen LogP contribution in [0.1, 0.15) is 17.2 Å². The normalized spacial score (nSPS) is 11.7. The third-order valence-corrected chi connectivity index (χ3v) is 4.55. The van der Waals surface area contributed by atoms with Crippen LogP contribution < -0.4 is 15.4 Å². The molecule has 30 heavy (non-hydrogen) atoms. The molecule has 7 nitrogen and oxygen atoms in total. The summed E-state index contributed by atoms with van der Waals surface area (Å²) in [6.45, 7) is 2.05. The van der Waals surface area contributed by atoms with Gasteiger partial charge in [0.15, 0.2) is 6.61 Å². The molecule has 2 aromatic rings. The highest BCUT2D eigenvalue weighted by molar-refractivity contribution is 5.91. The van der Waals surface area contributed by atoms with Crippen LogP contribution in [-0.4, -0.2) is 63.1 Å². The van der Waals surface area contributed by atoms with E-state index in [4.69, 9.17) is 4.74 Å². The van der Waals surface area contributed by atoms with E-state index in [9.17, 15) is 14.0 Å². The molecule has 3 amide bonds. The number of nitrogens with zero attached hydrogens (tertiary/aromatic N) is 2. The Morgan fingerprint density at radius 2 is 1.83 bits per heavy atom. The summed E-state index contributed by atoms with van der Waals surface area (Å²) in [5, 5.41) is 5.57. The van der Waals surface area contributed by atoms with Crippen molar-refractivity contribution in [1.29, 1.82) is 0 Å². The molecule has 0 fully saturated rings. The van der Waals surface area contributed by atoms with Crippen molar-refractivity contribution in [3.63, 3.8) is 0 Å². The zero-order valence-corrected chi connectivity index (χ0v) is 18.0. The first-order valence-electron chi connectivity index (χ1n) is 9.57. The lowest BCUT2D eigenvalue weighted by Gasteiger charge is -2.25. The van der Waals surface area contributed by atoms with Crippen LogP contribution in [0.3, 0.4) is 0 Å². The molecule has 0 saturated carbocycles. The predicted molar refractivity (Wildman–Crippen MR) is 115 cm³/mol. The Balaban J connectivity index is 2.04. The van der Waals surface area contributed by atoms with E-state index in [1.165, 1.54) is 17.0 Å². The lowest BCUT2D eigenvalue weighted by Crippen LogP contribution is -2.37. The average Bonchev–Trinajstić information content (AvgIpc) is 2.67. The highest BCUT2D eigenvalue weighted by Crippen LogP contribution is 2.26. The number of ether oxygens (including phenoxy) is 1. The Morgan fingerprint density at radius 1 is 1.10 bits per heavy atom. The van der Waals surface area contributed by atoms with Crippen molar-refractivity contribution in [2.45, 2.75) is 13.0 Å². The first kappa shape index (κ1) is 23.2. The molecular formula is C22H29FN4O3. The van der Waals surface area contributed by atoms with Gasteiger partial charge in [-0.05, 0) is 56.4 Å². The Kier molecular flexibility index (Phi) is 8.17. The number of hydrogen-bond acceptors (Lipinski definition) is 4. The van der Waals surface area contributed by atoms with Crippen molar-refractivity contribution in [2.75, 3.05) is 46.7 Å². The lowest BCUT2D eigenvalue weighted by atomic mass is 10.1. The van der Waals surface area contributed by atoms with Crippen molar-refractivity contribution in [3.8, 4) is 5.75 Å². The number of anilines is 1. The number of rotatable bonds is 8. The number of carbonyl (C=O) groups is 2. The van der Waals surface area contributed by atoms with Crippen LogP contribution in [0.4, 0.5) is 14.9 Å². The number of nitrogens with one attached hydrogen (secondary N) is 2. The first-order valence-corrected chi connectivity index (χ1v) is 9.57. The number of carbonyl (C=O) groups excluding carboxylic acids is 2. The van der Waals surface area contributed by atoms with Gasteiger partial charge in [-0.25, -0.2) is 9.18 Å². The summed E-state index contributed by atoms with van der Waals surface area (Å²) in [5.41, 5.74) is 2.16. The molecule has 2 aromatic carbocycles. The topological polar surface area (TPSA) is 73.9 Å². The van der Waals surface area contributed by atoms with E-state index in [1.807, 2.05) is 38.1 Å². The number of urea groups is 1. The Bertz CT molecular complexity index is 886. The van der Waals surface area contributed by atoms with Gasteiger partial charge in [-0.2, -0.15) is 0 Å². The van der Waals surface area contributed by atoms with Gasteiger partial charge in [-0.1, -0.05) is 18.2 Å². The van der Waals surface area contributed by atoms with Crippen LogP contribution in [0.2, 0.25) is 0 Å². The molecule has 0 spiro atoms. The molecule has 0 radical (unpaired) electrons. The molecule has 2 rings (SSSR count). The molecule has 0 saturated heterocycles. The summed E-state index contributed by atoms with van der Waals surface area (Å²) in [7, 11) is 7.02. The molecule has 2 N–H and O–H groups in total. The zero-order valence-electron chi connectivity index (χ0n) is 18.0. The van der Waals surface area contributed by atoms with Gasteiger partial charge >= 0.3 is 6.03 Å². The van der Waals surface area contributed by atoms with E-state index < -0.39 is 6.03 Å². The van der Waals surface area contributed by atoms with E-state index in [-0.39, 0.29) is 30.9 Å². The first-order chi connectivity index (χ1) is 14.2. The van der Waals surface area contributed by atoms with Crippen LogP contribution in [-0.2, 0) is 4.79 Å². The monoisotopic (exact) mass is 416 g/mol. The number of likely N-dealkylation sites (N-methyl/N-ethyl adjacent to an activating group) is 2. The summed E-state index contributed by atoms with van der Waals surface area (Å²) < 4.78 is 19.2. The van der Waals surface area contributed by atoms with Gasteiger partial charge in [0.2, 0.25) is 0 Å². The number of aryl methyl sites for hydroxylation is 1. The zero-order chi connectivity index (χ0) is 22.3. The van der Waals surface area contributed by atoms with Crippen LogP contribution in [0.5, 0.6) is 5.75 Å². The van der Waals surface area contributed by atoms with Gasteiger partial charge in [0, 0.05) is 20.6 Å². The maximum Gasteiger partial charge on any atom is 0.319 e. The van der Waals surface area contributed by atoms with Crippen LogP contribution in [0, 0.1) is 12.7 Å². The smallest absolute Gasteiger partial charge is 0.319 e. The van der Waals surface area contributed by atoms with Gasteiger partial charge in [-0.15, -0.1) is 0 Å². The maximum atomic E-state index is 13.6. The largest absolute Gasteiger partial charge is 0.482 e. The SMILES string of the molecule is Cc1ccc(NC(=O)NCC(c2cccc(F)c2)N(C)C)c(OCC(=O)N(C)C)c1. The minimum atomic E-state index is -0.425. The number of halogens is 1. The lowest BCUT2D eigenvalue weighted by molar-refractivity contribution is -0.130. The van der Waals surface area contributed by atoms with Crippen molar-refractivity contribution in [3.05, 3.63) is 59.4 Å². The van der Waals surface area contributed by atoms with E-state index >= 15 is 0 Å². The highest BCUT2D eigenvalue weighted by atomic mass is 19.1. The quantitative estimate of drug-likeness (QED) is 0.694. The minimum absolute atomic E-state index is 0.130. The molecule has 0 aliphatic rings. The second-order valence-electron chi connectivity index (χ2n) is 7.45. The maximum absolute atomic E-state index is 13.6. The Morgan fingerprint density at radius 3 is 2.47 bits per heavy atom. The third kappa shape index (κ3) is 6.73. The van der Waals surface area contributed by atoms with E-state index in [2.05, 4.69) is 10.6 Å². The van der Waals surface area contributed by atoms with Gasteiger partial charge in [0.1, 0.15) is 11.6 Å².